The van der Waals surface area contributed by atoms with Gasteiger partial charge in [-0.15, -0.1) is 0 Å². The molecule has 0 spiro atoms. The van der Waals surface area contributed by atoms with Crippen molar-refractivity contribution < 1.29 is 23.9 Å². The number of nitrogens with zero attached hydrogens (tertiary/aromatic N) is 1. The summed E-state index contributed by atoms with van der Waals surface area (Å²) in [5.41, 5.74) is 1.64. The summed E-state index contributed by atoms with van der Waals surface area (Å²) < 4.78 is 9.75. The van der Waals surface area contributed by atoms with Crippen LogP contribution >= 0.6 is 11.6 Å². The lowest BCUT2D eigenvalue weighted by molar-refractivity contribution is -0.143. The Morgan fingerprint density at radius 3 is 2.57 bits per heavy atom. The van der Waals surface area contributed by atoms with Crippen molar-refractivity contribution in [1.29, 1.82) is 0 Å². The Morgan fingerprint density at radius 2 is 2.00 bits per heavy atom. The minimum Gasteiger partial charge on any atom is -0.480 e. The fourth-order valence-corrected chi connectivity index (χ4v) is 2.32. The molecule has 6 nitrogen and oxygen atoms in total. The van der Waals surface area contributed by atoms with Gasteiger partial charge in [-0.3, -0.25) is 9.59 Å². The molecule has 0 aliphatic carbocycles. The molecule has 122 valence electrons. The van der Waals surface area contributed by atoms with Crippen molar-refractivity contribution in [2.75, 3.05) is 18.6 Å². The predicted octanol–water partition coefficient (Wildman–Crippen LogP) is 2.49. The first kappa shape index (κ1) is 17.0. The van der Waals surface area contributed by atoms with Gasteiger partial charge in [0.1, 0.15) is 5.75 Å². The maximum Gasteiger partial charge on any atom is 0.343 e. The normalized spacial score (nSPS) is 14.3. The largest absolute Gasteiger partial charge is 0.480 e. The molecule has 0 N–H and O–H groups in total. The molecule has 0 unspecified atom stereocenters. The number of allylic oxidation sites excluding steroid dienone is 1. The number of anilines is 1. The molecule has 1 heterocycles. The molecule has 2 rings (SSSR count). The summed E-state index contributed by atoms with van der Waals surface area (Å²) in [6.07, 6.45) is 0.0716. The molecule has 1 aromatic rings. The lowest BCUT2D eigenvalue weighted by Crippen LogP contribution is -2.29. The molecule has 1 aromatic carbocycles. The minimum atomic E-state index is -0.563. The van der Waals surface area contributed by atoms with Crippen molar-refractivity contribution in [1.82, 2.24) is 0 Å². The molecule has 2 amide bonds. The molecule has 1 aliphatic heterocycles. The lowest BCUT2D eigenvalue weighted by Gasteiger charge is -2.16. The third-order valence-electron chi connectivity index (χ3n) is 3.39. The van der Waals surface area contributed by atoms with Gasteiger partial charge in [0.15, 0.2) is 6.61 Å². The van der Waals surface area contributed by atoms with Crippen LogP contribution in [0.2, 0.25) is 5.02 Å². The Balaban J connectivity index is 2.30. The second-order valence-corrected chi connectivity index (χ2v) is 5.58. The number of hydrogen-bond acceptors (Lipinski definition) is 5. The first-order chi connectivity index (χ1) is 10.8. The Hall–Kier alpha value is -2.34. The zero-order chi connectivity index (χ0) is 17.1. The molecule has 1 aliphatic rings. The maximum atomic E-state index is 12.4. The number of amides is 2. The maximum absolute atomic E-state index is 12.4. The molecule has 1 fully saturated rings. The molecule has 0 aromatic heterocycles. The predicted molar refractivity (Wildman–Crippen MR) is 84.4 cm³/mol. The topological polar surface area (TPSA) is 72.9 Å². The summed E-state index contributed by atoms with van der Waals surface area (Å²) in [5, 5.41) is 0.263. The fraction of sp³-hybridized carbons (Fsp3) is 0.312. The third kappa shape index (κ3) is 3.53. The number of imide groups is 1. The van der Waals surface area contributed by atoms with Gasteiger partial charge in [-0.1, -0.05) is 17.2 Å². The van der Waals surface area contributed by atoms with Crippen LogP contribution in [0.3, 0.4) is 0 Å². The van der Waals surface area contributed by atoms with E-state index in [4.69, 9.17) is 16.3 Å². The minimum absolute atomic E-state index is 0.0716. The van der Waals surface area contributed by atoms with Crippen LogP contribution in [0.1, 0.15) is 20.3 Å². The van der Waals surface area contributed by atoms with Crippen molar-refractivity contribution in [3.8, 4) is 5.75 Å². The third-order valence-corrected chi connectivity index (χ3v) is 3.70. The molecular weight excluding hydrogens is 322 g/mol. The van der Waals surface area contributed by atoms with Crippen LogP contribution in [0.25, 0.3) is 0 Å². The number of hydrogen-bond donors (Lipinski definition) is 0. The zero-order valence-electron chi connectivity index (χ0n) is 13.0. The number of rotatable bonds is 4. The van der Waals surface area contributed by atoms with Gasteiger partial charge in [0.25, 0.3) is 5.91 Å². The standard InChI is InChI=1S/C16H16ClNO5/c1-9(2)11-7-14(19)18(16(11)21)10-4-5-12(17)13(6-10)23-8-15(20)22-3/h4-6H,7-8H2,1-3H3. The molecule has 0 bridgehead atoms. The van der Waals surface area contributed by atoms with Crippen LogP contribution in [0.4, 0.5) is 5.69 Å². The van der Waals surface area contributed by atoms with E-state index in [0.717, 1.165) is 10.5 Å². The molecule has 0 radical (unpaired) electrons. The van der Waals surface area contributed by atoms with E-state index in [1.807, 2.05) is 0 Å². The highest BCUT2D eigenvalue weighted by molar-refractivity contribution is 6.32. The Bertz CT molecular complexity index is 706. The number of ether oxygens (including phenoxy) is 2. The Kier molecular flexibility index (Phi) is 5.05. The van der Waals surface area contributed by atoms with E-state index in [-0.39, 0.29) is 35.6 Å². The van der Waals surface area contributed by atoms with Gasteiger partial charge in [-0.2, -0.15) is 0 Å². The van der Waals surface area contributed by atoms with Crippen molar-refractivity contribution in [3.63, 3.8) is 0 Å². The van der Waals surface area contributed by atoms with E-state index in [1.54, 1.807) is 19.9 Å². The van der Waals surface area contributed by atoms with E-state index in [2.05, 4.69) is 4.74 Å². The van der Waals surface area contributed by atoms with Crippen LogP contribution in [-0.4, -0.2) is 31.5 Å². The van der Waals surface area contributed by atoms with Crippen LogP contribution < -0.4 is 9.64 Å². The van der Waals surface area contributed by atoms with Crippen LogP contribution in [0.15, 0.2) is 29.3 Å². The van der Waals surface area contributed by atoms with Crippen molar-refractivity contribution in [2.45, 2.75) is 20.3 Å². The van der Waals surface area contributed by atoms with Gasteiger partial charge < -0.3 is 9.47 Å². The Labute approximate surface area is 138 Å². The van der Waals surface area contributed by atoms with E-state index in [9.17, 15) is 14.4 Å². The number of carbonyl (C=O) groups is 3. The van der Waals surface area contributed by atoms with Crippen molar-refractivity contribution in [3.05, 3.63) is 34.4 Å². The fourth-order valence-electron chi connectivity index (χ4n) is 2.14. The summed E-state index contributed by atoms with van der Waals surface area (Å²) in [6.45, 7) is 3.26. The van der Waals surface area contributed by atoms with Crippen molar-refractivity contribution >= 4 is 35.1 Å². The number of esters is 1. The van der Waals surface area contributed by atoms with Crippen LogP contribution in [0, 0.1) is 0 Å². The highest BCUT2D eigenvalue weighted by atomic mass is 35.5. The average Bonchev–Trinajstić information content (AvgIpc) is 2.81. The summed E-state index contributed by atoms with van der Waals surface area (Å²) >= 11 is 6.01. The first-order valence-corrected chi connectivity index (χ1v) is 7.25. The van der Waals surface area contributed by atoms with Gasteiger partial charge in [0.2, 0.25) is 5.91 Å². The Morgan fingerprint density at radius 1 is 1.30 bits per heavy atom. The smallest absolute Gasteiger partial charge is 0.343 e. The zero-order valence-corrected chi connectivity index (χ0v) is 13.8. The molecule has 7 heteroatoms. The monoisotopic (exact) mass is 337 g/mol. The summed E-state index contributed by atoms with van der Waals surface area (Å²) in [7, 11) is 1.24. The molecular formula is C16H16ClNO5. The van der Waals surface area contributed by atoms with Gasteiger partial charge in [-0.25, -0.2) is 9.69 Å². The van der Waals surface area contributed by atoms with Gasteiger partial charge >= 0.3 is 5.97 Å². The quantitative estimate of drug-likeness (QED) is 0.479. The highest BCUT2D eigenvalue weighted by Crippen LogP contribution is 2.33. The summed E-state index contributed by atoms with van der Waals surface area (Å²) in [6, 6.07) is 4.51. The van der Waals surface area contributed by atoms with E-state index in [0.29, 0.717) is 11.3 Å². The van der Waals surface area contributed by atoms with Crippen LogP contribution in [-0.2, 0) is 19.1 Å². The van der Waals surface area contributed by atoms with E-state index in [1.165, 1.54) is 19.2 Å². The summed E-state index contributed by atoms with van der Waals surface area (Å²) in [4.78, 5) is 36.7. The number of benzene rings is 1. The molecule has 1 saturated heterocycles. The summed E-state index contributed by atoms with van der Waals surface area (Å²) in [5.74, 6) is -1.03. The van der Waals surface area contributed by atoms with Gasteiger partial charge in [-0.05, 0) is 26.0 Å². The van der Waals surface area contributed by atoms with Gasteiger partial charge in [0, 0.05) is 11.6 Å². The second-order valence-electron chi connectivity index (χ2n) is 5.17. The highest BCUT2D eigenvalue weighted by Gasteiger charge is 2.35. The van der Waals surface area contributed by atoms with E-state index < -0.39 is 5.97 Å². The SMILES string of the molecule is COC(=O)COc1cc(N2C(=O)CC(=C(C)C)C2=O)ccc1Cl. The molecule has 0 atom stereocenters. The molecule has 23 heavy (non-hydrogen) atoms. The molecule has 0 saturated carbocycles. The number of carbonyl (C=O) groups excluding carboxylic acids is 3. The number of halogens is 1. The van der Waals surface area contributed by atoms with Crippen molar-refractivity contribution in [2.24, 2.45) is 0 Å². The lowest BCUT2D eigenvalue weighted by atomic mass is 10.1. The average molecular weight is 338 g/mol. The number of methoxy groups -OCH3 is 1. The van der Waals surface area contributed by atoms with E-state index >= 15 is 0 Å². The van der Waals surface area contributed by atoms with Gasteiger partial charge in [0.05, 0.1) is 24.2 Å². The second kappa shape index (κ2) is 6.83. The van der Waals surface area contributed by atoms with Crippen LogP contribution in [0.5, 0.6) is 5.75 Å². The first-order valence-electron chi connectivity index (χ1n) is 6.88.